The van der Waals surface area contributed by atoms with Gasteiger partial charge in [-0.3, -0.25) is 4.98 Å². The van der Waals surface area contributed by atoms with Crippen molar-refractivity contribution in [1.29, 1.82) is 0 Å². The summed E-state index contributed by atoms with van der Waals surface area (Å²) < 4.78 is 9.19. The number of pyridine rings is 1. The highest BCUT2D eigenvalue weighted by Crippen LogP contribution is 2.45. The molecule has 0 N–H and O–H groups in total. The topological polar surface area (TPSA) is 64.7 Å². The van der Waals surface area contributed by atoms with E-state index in [9.17, 15) is 0 Å². The number of furan rings is 1. The van der Waals surface area contributed by atoms with Gasteiger partial charge in [-0.2, -0.15) is 0 Å². The molecule has 4 aromatic heterocycles. The molecule has 0 atom stereocenters. The lowest BCUT2D eigenvalue weighted by Gasteiger charge is -2.12. The third-order valence-corrected chi connectivity index (χ3v) is 10.2. The van der Waals surface area contributed by atoms with Gasteiger partial charge >= 0.3 is 0 Å². The van der Waals surface area contributed by atoms with Crippen molar-refractivity contribution in [3.05, 3.63) is 146 Å². The molecule has 4 heterocycles. The van der Waals surface area contributed by atoms with E-state index in [0.29, 0.717) is 17.5 Å². The Labute approximate surface area is 278 Å². The summed E-state index contributed by atoms with van der Waals surface area (Å²) in [6.45, 7) is 0. The third-order valence-electron chi connectivity index (χ3n) is 9.03. The average Bonchev–Trinajstić information content (AvgIpc) is 3.74. The van der Waals surface area contributed by atoms with Gasteiger partial charge in [0.1, 0.15) is 5.58 Å². The fourth-order valence-electron chi connectivity index (χ4n) is 6.80. The molecule has 0 saturated heterocycles. The van der Waals surface area contributed by atoms with Crippen LogP contribution in [-0.2, 0) is 0 Å². The first-order valence-corrected chi connectivity index (χ1v) is 16.6. The molecule has 0 aliphatic rings. The van der Waals surface area contributed by atoms with Gasteiger partial charge in [0.05, 0.1) is 6.20 Å². The Morgan fingerprint density at radius 1 is 0.479 bits per heavy atom. The van der Waals surface area contributed by atoms with Crippen LogP contribution in [0.1, 0.15) is 0 Å². The van der Waals surface area contributed by atoms with Crippen LogP contribution in [0.5, 0.6) is 0 Å². The van der Waals surface area contributed by atoms with Crippen LogP contribution in [0.25, 0.3) is 98.2 Å². The first-order chi connectivity index (χ1) is 23.8. The second kappa shape index (κ2) is 10.7. The predicted molar refractivity (Wildman–Crippen MR) is 197 cm³/mol. The Hall–Kier alpha value is -6.24. The van der Waals surface area contributed by atoms with E-state index in [4.69, 9.17) is 19.4 Å². The maximum absolute atomic E-state index is 6.69. The number of benzene rings is 6. The van der Waals surface area contributed by atoms with Gasteiger partial charge in [0.2, 0.25) is 0 Å². The monoisotopic (exact) mass is 632 g/mol. The van der Waals surface area contributed by atoms with E-state index in [0.717, 1.165) is 55.1 Å². The molecule has 0 aliphatic carbocycles. The fraction of sp³-hybridized carbons (Fsp3) is 0. The van der Waals surface area contributed by atoms with Crippen LogP contribution >= 0.6 is 11.3 Å². The van der Waals surface area contributed by atoms with Gasteiger partial charge in [-0.05, 0) is 52.7 Å². The van der Waals surface area contributed by atoms with Gasteiger partial charge in [-0.25, -0.2) is 15.0 Å². The third kappa shape index (κ3) is 4.24. The second-order valence-corrected chi connectivity index (χ2v) is 12.9. The van der Waals surface area contributed by atoms with Crippen LogP contribution in [0.4, 0.5) is 0 Å². The maximum Gasteiger partial charge on any atom is 0.164 e. The summed E-state index contributed by atoms with van der Waals surface area (Å²) in [6.07, 6.45) is 3.59. The summed E-state index contributed by atoms with van der Waals surface area (Å²) in [4.78, 5) is 19.7. The molecular weight excluding hydrogens is 609 g/mol. The highest BCUT2D eigenvalue weighted by molar-refractivity contribution is 7.25. The van der Waals surface area contributed by atoms with Crippen LogP contribution in [0.2, 0.25) is 0 Å². The van der Waals surface area contributed by atoms with E-state index >= 15 is 0 Å². The quantitative estimate of drug-likeness (QED) is 0.193. The number of thiophene rings is 1. The number of nitrogens with zero attached hydrogens (tertiary/aromatic N) is 4. The molecule has 0 saturated carbocycles. The molecule has 0 spiro atoms. The molecule has 6 heteroatoms. The Balaban J connectivity index is 1.26. The second-order valence-electron chi connectivity index (χ2n) is 11.8. The van der Waals surface area contributed by atoms with E-state index in [1.807, 2.05) is 53.9 Å². The maximum atomic E-state index is 6.69. The van der Waals surface area contributed by atoms with E-state index < -0.39 is 0 Å². The summed E-state index contributed by atoms with van der Waals surface area (Å²) in [6, 6.07) is 46.2. The van der Waals surface area contributed by atoms with Gasteiger partial charge in [-0.1, -0.05) is 97.1 Å². The SMILES string of the molecule is c1ccc(-c2nc(-c3ccc4ccccc4c3)nc(-c3ccc(-c4cccc5sc6ccccc6c45)c4oc5cnccc5c34)n2)cc1. The first-order valence-electron chi connectivity index (χ1n) is 15.8. The van der Waals surface area contributed by atoms with Crippen LogP contribution in [0.15, 0.2) is 150 Å². The molecule has 0 fully saturated rings. The highest BCUT2D eigenvalue weighted by atomic mass is 32.1. The van der Waals surface area contributed by atoms with Crippen LogP contribution in [0, 0.1) is 0 Å². The van der Waals surface area contributed by atoms with Gasteiger partial charge in [0.15, 0.2) is 23.1 Å². The predicted octanol–water partition coefficient (Wildman–Crippen LogP) is 11.4. The van der Waals surface area contributed by atoms with Crippen molar-refractivity contribution in [3.8, 4) is 45.3 Å². The number of rotatable bonds is 4. The molecule has 6 aromatic carbocycles. The Morgan fingerprint density at radius 2 is 1.23 bits per heavy atom. The van der Waals surface area contributed by atoms with Crippen LogP contribution in [-0.4, -0.2) is 19.9 Å². The summed E-state index contributed by atoms with van der Waals surface area (Å²) in [5.41, 5.74) is 6.38. The van der Waals surface area contributed by atoms with Crippen molar-refractivity contribution in [2.24, 2.45) is 0 Å². The largest absolute Gasteiger partial charge is 0.454 e. The number of hydrogen-bond donors (Lipinski definition) is 0. The van der Waals surface area contributed by atoms with Gasteiger partial charge in [0, 0.05) is 59.4 Å². The molecule has 10 rings (SSSR count). The molecule has 0 aliphatic heterocycles. The molecule has 10 aromatic rings. The number of aromatic nitrogens is 4. The molecule has 0 radical (unpaired) electrons. The molecule has 224 valence electrons. The fourth-order valence-corrected chi connectivity index (χ4v) is 7.93. The summed E-state index contributed by atoms with van der Waals surface area (Å²) in [5, 5.41) is 6.70. The van der Waals surface area contributed by atoms with Crippen LogP contribution < -0.4 is 0 Å². The normalized spacial score (nSPS) is 11.8. The zero-order valence-corrected chi connectivity index (χ0v) is 26.3. The van der Waals surface area contributed by atoms with Crippen molar-refractivity contribution in [3.63, 3.8) is 0 Å². The average molecular weight is 633 g/mol. The minimum absolute atomic E-state index is 0.585. The molecule has 48 heavy (non-hydrogen) atoms. The van der Waals surface area contributed by atoms with Gasteiger partial charge in [-0.15, -0.1) is 11.3 Å². The lowest BCUT2D eigenvalue weighted by molar-refractivity contribution is 0.668. The standard InChI is InChI=1S/C42H24N4OS/c1-2-10-26(11-3-1)40-44-41(28-18-17-25-9-4-5-12-27(25)23-28)46-42(45-40)33-20-19-30(39-38(33)31-21-22-43-24-34(31)47-39)29-14-8-16-36-37(29)32-13-6-7-15-35(32)48-36/h1-24H. The zero-order valence-electron chi connectivity index (χ0n) is 25.5. The molecule has 0 unspecified atom stereocenters. The van der Waals surface area contributed by atoms with Gasteiger partial charge in [0.25, 0.3) is 0 Å². The van der Waals surface area contributed by atoms with Crippen LogP contribution in [0.3, 0.4) is 0 Å². The smallest absolute Gasteiger partial charge is 0.164 e. The Bertz CT molecular complexity index is 2860. The van der Waals surface area contributed by atoms with E-state index in [-0.39, 0.29) is 0 Å². The zero-order chi connectivity index (χ0) is 31.6. The lowest BCUT2D eigenvalue weighted by atomic mass is 9.95. The Morgan fingerprint density at radius 3 is 2.15 bits per heavy atom. The first kappa shape index (κ1) is 26.9. The molecule has 0 bridgehead atoms. The van der Waals surface area contributed by atoms with Crippen molar-refractivity contribution in [1.82, 2.24) is 19.9 Å². The summed E-state index contributed by atoms with van der Waals surface area (Å²) >= 11 is 1.81. The van der Waals surface area contributed by atoms with E-state index in [1.165, 1.54) is 25.6 Å². The number of fused-ring (bicyclic) bond motifs is 7. The van der Waals surface area contributed by atoms with E-state index in [1.54, 1.807) is 6.20 Å². The van der Waals surface area contributed by atoms with Crippen molar-refractivity contribution < 1.29 is 4.42 Å². The molecule has 5 nitrogen and oxygen atoms in total. The van der Waals surface area contributed by atoms with Crippen molar-refractivity contribution in [2.75, 3.05) is 0 Å². The van der Waals surface area contributed by atoms with Crippen molar-refractivity contribution in [2.45, 2.75) is 0 Å². The molecule has 0 amide bonds. The minimum atomic E-state index is 0.585. The van der Waals surface area contributed by atoms with Crippen molar-refractivity contribution >= 4 is 64.2 Å². The summed E-state index contributed by atoms with van der Waals surface area (Å²) in [7, 11) is 0. The highest BCUT2D eigenvalue weighted by Gasteiger charge is 2.22. The Kier molecular flexibility index (Phi) is 5.98. The lowest BCUT2D eigenvalue weighted by Crippen LogP contribution is -2.00. The van der Waals surface area contributed by atoms with Gasteiger partial charge < -0.3 is 4.42 Å². The minimum Gasteiger partial charge on any atom is -0.454 e. The van der Waals surface area contributed by atoms with E-state index in [2.05, 4.69) is 102 Å². The number of hydrogen-bond acceptors (Lipinski definition) is 6. The summed E-state index contributed by atoms with van der Waals surface area (Å²) in [5.74, 6) is 1.82. The molecular formula is C42H24N4OS.